The number of nitrogens with two attached hydrogens (primary N) is 1. The van der Waals surface area contributed by atoms with Crippen molar-refractivity contribution in [3.8, 4) is 0 Å². The third-order valence-electron chi connectivity index (χ3n) is 4.12. The van der Waals surface area contributed by atoms with Gasteiger partial charge in [0.15, 0.2) is 0 Å². The average Bonchev–Trinajstić information content (AvgIpc) is 2.79. The molecule has 2 atom stereocenters. The summed E-state index contributed by atoms with van der Waals surface area (Å²) in [4.78, 5) is 4.25. The molecule has 2 unspecified atom stereocenters. The Morgan fingerprint density at radius 3 is 2.55 bits per heavy atom. The van der Waals surface area contributed by atoms with E-state index in [0.717, 1.165) is 26.1 Å². The highest BCUT2D eigenvalue weighted by Crippen LogP contribution is 2.26. The molecule has 112 valence electrons. The van der Waals surface area contributed by atoms with Crippen LogP contribution in [0.15, 0.2) is 18.2 Å². The molecule has 1 aromatic rings. The van der Waals surface area contributed by atoms with E-state index in [1.54, 1.807) is 0 Å². The number of benzene rings is 1. The van der Waals surface area contributed by atoms with Crippen LogP contribution in [0.4, 0.5) is 8.78 Å². The third-order valence-corrected chi connectivity index (χ3v) is 4.12. The fraction of sp³-hybridized carbons (Fsp3) is 0.600. The van der Waals surface area contributed by atoms with E-state index in [1.165, 1.54) is 18.2 Å². The lowest BCUT2D eigenvalue weighted by Crippen LogP contribution is -2.36. The minimum absolute atomic E-state index is 0.0869. The average molecular weight is 283 g/mol. The van der Waals surface area contributed by atoms with Gasteiger partial charge in [0.2, 0.25) is 0 Å². The second-order valence-electron chi connectivity index (χ2n) is 5.74. The van der Waals surface area contributed by atoms with Gasteiger partial charge >= 0.3 is 0 Å². The van der Waals surface area contributed by atoms with Gasteiger partial charge in [-0.2, -0.15) is 0 Å². The van der Waals surface area contributed by atoms with Crippen LogP contribution in [0.5, 0.6) is 0 Å². The molecule has 1 fully saturated rings. The Kier molecular flexibility index (Phi) is 5.07. The van der Waals surface area contributed by atoms with Crippen molar-refractivity contribution in [2.75, 3.05) is 40.3 Å². The first-order valence-corrected chi connectivity index (χ1v) is 7.05. The molecule has 0 radical (unpaired) electrons. The molecule has 0 saturated carbocycles. The highest BCUT2D eigenvalue weighted by atomic mass is 19.1. The van der Waals surface area contributed by atoms with E-state index < -0.39 is 17.7 Å². The Labute approximate surface area is 119 Å². The second kappa shape index (κ2) is 6.61. The van der Waals surface area contributed by atoms with E-state index >= 15 is 0 Å². The van der Waals surface area contributed by atoms with E-state index in [9.17, 15) is 8.78 Å². The van der Waals surface area contributed by atoms with E-state index in [-0.39, 0.29) is 12.1 Å². The minimum Gasteiger partial charge on any atom is -0.329 e. The van der Waals surface area contributed by atoms with Crippen molar-refractivity contribution in [3.63, 3.8) is 0 Å². The number of hydrogen-bond donors (Lipinski definition) is 1. The van der Waals surface area contributed by atoms with Gasteiger partial charge in [-0.05, 0) is 45.1 Å². The zero-order chi connectivity index (χ0) is 14.7. The molecule has 1 aliphatic rings. The maximum Gasteiger partial charge on any atom is 0.130 e. The van der Waals surface area contributed by atoms with E-state index in [0.29, 0.717) is 5.92 Å². The van der Waals surface area contributed by atoms with Crippen molar-refractivity contribution in [3.05, 3.63) is 35.4 Å². The molecular formula is C15H23F2N3. The van der Waals surface area contributed by atoms with Crippen LogP contribution in [0.2, 0.25) is 0 Å². The van der Waals surface area contributed by atoms with Crippen LogP contribution in [0.25, 0.3) is 0 Å². The normalized spacial score (nSPS) is 21.6. The standard InChI is InChI=1S/C15H23F2N3/c1-19-7-6-11(9-19)10-20(2)14(8-18)15-12(16)4-3-5-13(15)17/h3-5,11,14H,6-10,18H2,1-2H3. The summed E-state index contributed by atoms with van der Waals surface area (Å²) < 4.78 is 27.8. The SMILES string of the molecule is CN1CCC(CN(C)C(CN)c2c(F)cccc2F)C1. The smallest absolute Gasteiger partial charge is 0.130 e. The summed E-state index contributed by atoms with van der Waals surface area (Å²) >= 11 is 0. The molecule has 1 saturated heterocycles. The van der Waals surface area contributed by atoms with Crippen molar-refractivity contribution in [1.29, 1.82) is 0 Å². The molecule has 1 aliphatic heterocycles. The third kappa shape index (κ3) is 3.34. The number of hydrogen-bond acceptors (Lipinski definition) is 3. The molecule has 0 aromatic heterocycles. The molecule has 2 rings (SSSR count). The van der Waals surface area contributed by atoms with Gasteiger partial charge in [-0.15, -0.1) is 0 Å². The summed E-state index contributed by atoms with van der Waals surface area (Å²) in [5, 5.41) is 0. The van der Waals surface area contributed by atoms with Gasteiger partial charge in [-0.3, -0.25) is 4.90 Å². The lowest BCUT2D eigenvalue weighted by Gasteiger charge is -2.30. The van der Waals surface area contributed by atoms with Crippen LogP contribution in [-0.4, -0.2) is 50.1 Å². The number of likely N-dealkylation sites (N-methyl/N-ethyl adjacent to an activating group) is 1. The number of rotatable bonds is 5. The predicted molar refractivity (Wildman–Crippen MR) is 76.4 cm³/mol. The van der Waals surface area contributed by atoms with Gasteiger partial charge in [0, 0.05) is 25.2 Å². The molecule has 0 aliphatic carbocycles. The number of nitrogens with zero attached hydrogens (tertiary/aromatic N) is 2. The summed E-state index contributed by atoms with van der Waals surface area (Å²) in [5.41, 5.74) is 5.85. The fourth-order valence-electron chi connectivity index (χ4n) is 3.06. The highest BCUT2D eigenvalue weighted by Gasteiger charge is 2.27. The van der Waals surface area contributed by atoms with Gasteiger partial charge < -0.3 is 10.6 Å². The Morgan fingerprint density at radius 1 is 1.40 bits per heavy atom. The lowest BCUT2D eigenvalue weighted by molar-refractivity contribution is 0.204. The van der Waals surface area contributed by atoms with Crippen LogP contribution in [0.1, 0.15) is 18.0 Å². The minimum atomic E-state index is -0.518. The summed E-state index contributed by atoms with van der Waals surface area (Å²) in [7, 11) is 3.98. The summed E-state index contributed by atoms with van der Waals surface area (Å²) in [5.74, 6) is -0.499. The van der Waals surface area contributed by atoms with E-state index in [4.69, 9.17) is 5.73 Å². The van der Waals surface area contributed by atoms with Gasteiger partial charge in [0.05, 0.1) is 6.04 Å². The van der Waals surface area contributed by atoms with Gasteiger partial charge in [-0.25, -0.2) is 8.78 Å². The van der Waals surface area contributed by atoms with Gasteiger partial charge in [0.1, 0.15) is 11.6 Å². The first kappa shape index (κ1) is 15.4. The zero-order valence-electron chi connectivity index (χ0n) is 12.1. The molecule has 3 nitrogen and oxygen atoms in total. The maximum atomic E-state index is 13.9. The summed E-state index contributed by atoms with van der Waals surface area (Å²) in [6.45, 7) is 3.12. The van der Waals surface area contributed by atoms with Crippen molar-refractivity contribution in [1.82, 2.24) is 9.80 Å². The molecule has 5 heteroatoms. The molecule has 1 aromatic carbocycles. The Balaban J connectivity index is 2.11. The molecule has 0 bridgehead atoms. The largest absolute Gasteiger partial charge is 0.329 e. The predicted octanol–water partition coefficient (Wildman–Crippen LogP) is 1.85. The summed E-state index contributed by atoms with van der Waals surface area (Å²) in [6.07, 6.45) is 1.12. The second-order valence-corrected chi connectivity index (χ2v) is 5.74. The van der Waals surface area contributed by atoms with Crippen molar-refractivity contribution in [2.45, 2.75) is 12.5 Å². The molecule has 1 heterocycles. The molecular weight excluding hydrogens is 260 g/mol. The number of likely N-dealkylation sites (tertiary alicyclic amines) is 1. The molecule has 0 spiro atoms. The van der Waals surface area contributed by atoms with Crippen molar-refractivity contribution < 1.29 is 8.78 Å². The monoisotopic (exact) mass is 283 g/mol. The van der Waals surface area contributed by atoms with Gasteiger partial charge in [-0.1, -0.05) is 6.07 Å². The Morgan fingerprint density at radius 2 is 2.05 bits per heavy atom. The van der Waals surface area contributed by atoms with Crippen LogP contribution in [0, 0.1) is 17.6 Å². The Hall–Kier alpha value is -1.04. The fourth-order valence-corrected chi connectivity index (χ4v) is 3.06. The van der Waals surface area contributed by atoms with Crippen LogP contribution in [0.3, 0.4) is 0 Å². The number of halogens is 2. The molecule has 2 N–H and O–H groups in total. The van der Waals surface area contributed by atoms with E-state index in [1.807, 2.05) is 11.9 Å². The van der Waals surface area contributed by atoms with Crippen molar-refractivity contribution >= 4 is 0 Å². The zero-order valence-corrected chi connectivity index (χ0v) is 12.1. The first-order chi connectivity index (χ1) is 9.52. The topological polar surface area (TPSA) is 32.5 Å². The maximum absolute atomic E-state index is 13.9. The van der Waals surface area contributed by atoms with Crippen LogP contribution in [-0.2, 0) is 0 Å². The highest BCUT2D eigenvalue weighted by molar-refractivity contribution is 5.23. The first-order valence-electron chi connectivity index (χ1n) is 7.05. The molecule has 0 amide bonds. The summed E-state index contributed by atoms with van der Waals surface area (Å²) in [6, 6.07) is 3.55. The van der Waals surface area contributed by atoms with Gasteiger partial charge in [0.25, 0.3) is 0 Å². The quantitative estimate of drug-likeness (QED) is 0.895. The molecule has 20 heavy (non-hydrogen) atoms. The van der Waals surface area contributed by atoms with Crippen molar-refractivity contribution in [2.24, 2.45) is 11.7 Å². The van der Waals surface area contributed by atoms with Crippen LogP contribution < -0.4 is 5.73 Å². The van der Waals surface area contributed by atoms with Crippen LogP contribution >= 0.6 is 0 Å². The van der Waals surface area contributed by atoms with E-state index in [2.05, 4.69) is 11.9 Å². The lowest BCUT2D eigenvalue weighted by atomic mass is 10.0. The Bertz CT molecular complexity index is 432.